The van der Waals surface area contributed by atoms with Crippen molar-refractivity contribution in [1.82, 2.24) is 19.5 Å². The van der Waals surface area contributed by atoms with Gasteiger partial charge in [-0.2, -0.15) is 0 Å². The largest absolute Gasteiger partial charge is 0.274 e. The van der Waals surface area contributed by atoms with Crippen LogP contribution in [0.5, 0.6) is 0 Å². The molecule has 14 heavy (non-hydrogen) atoms. The number of fused-ring (bicyclic) bond motifs is 1. The van der Waals surface area contributed by atoms with Gasteiger partial charge >= 0.3 is 0 Å². The van der Waals surface area contributed by atoms with Crippen LogP contribution in [-0.4, -0.2) is 31.7 Å². The Bertz CT molecular complexity index is 493. The van der Waals surface area contributed by atoms with Gasteiger partial charge < -0.3 is 0 Å². The topological polar surface area (TPSA) is 60.7 Å². The van der Waals surface area contributed by atoms with Crippen LogP contribution < -0.4 is 0 Å². The number of rotatable bonds is 1. The quantitative estimate of drug-likeness (QED) is 0.520. The van der Waals surface area contributed by atoms with E-state index in [0.29, 0.717) is 11.2 Å². The van der Waals surface area contributed by atoms with Gasteiger partial charge in [0.05, 0.1) is 0 Å². The van der Waals surface area contributed by atoms with E-state index in [1.807, 2.05) is 6.26 Å². The average molecular weight is 208 g/mol. The molecule has 0 aromatic carbocycles. The molecule has 2 aromatic rings. The number of carbonyl (C=O) groups excluding carboxylic acids is 1. The van der Waals surface area contributed by atoms with Gasteiger partial charge in [-0.1, -0.05) is 0 Å². The molecular weight excluding hydrogens is 200 g/mol. The van der Waals surface area contributed by atoms with Crippen LogP contribution in [-0.2, 0) is 0 Å². The van der Waals surface area contributed by atoms with Crippen molar-refractivity contribution in [3.63, 3.8) is 0 Å². The predicted molar refractivity (Wildman–Crippen MR) is 53.4 cm³/mol. The van der Waals surface area contributed by atoms with Crippen molar-refractivity contribution in [1.29, 1.82) is 0 Å². The van der Waals surface area contributed by atoms with Crippen LogP contribution in [0.15, 0.2) is 17.7 Å². The molecular formula is C8H8N4OS. The van der Waals surface area contributed by atoms with E-state index in [2.05, 4.69) is 15.0 Å². The summed E-state index contributed by atoms with van der Waals surface area (Å²) in [5, 5.41) is 0.787. The molecule has 72 valence electrons. The third-order valence-corrected chi connectivity index (χ3v) is 2.52. The summed E-state index contributed by atoms with van der Waals surface area (Å²) in [7, 11) is 0. The summed E-state index contributed by atoms with van der Waals surface area (Å²) in [6.45, 7) is 1.47. The highest BCUT2D eigenvalue weighted by Crippen LogP contribution is 2.20. The Morgan fingerprint density at radius 1 is 1.43 bits per heavy atom. The molecule has 0 unspecified atom stereocenters. The first-order chi connectivity index (χ1) is 6.74. The van der Waals surface area contributed by atoms with E-state index in [1.165, 1.54) is 35.9 Å². The molecule has 0 aliphatic rings. The third kappa shape index (κ3) is 1.27. The average Bonchev–Trinajstić information content (AvgIpc) is 2.60. The molecule has 0 bridgehead atoms. The Labute approximate surface area is 84.6 Å². The van der Waals surface area contributed by atoms with Crippen LogP contribution in [0.4, 0.5) is 0 Å². The Morgan fingerprint density at radius 2 is 2.21 bits per heavy atom. The summed E-state index contributed by atoms with van der Waals surface area (Å²) in [4.78, 5) is 23.4. The summed E-state index contributed by atoms with van der Waals surface area (Å²) in [6, 6.07) is 0. The molecule has 0 radical (unpaired) electrons. The normalized spacial score (nSPS) is 10.7. The maximum Gasteiger partial charge on any atom is 0.230 e. The summed E-state index contributed by atoms with van der Waals surface area (Å²) in [6.07, 6.45) is 4.82. The molecule has 0 atom stereocenters. The van der Waals surface area contributed by atoms with Gasteiger partial charge in [0.2, 0.25) is 5.91 Å². The second-order valence-corrected chi connectivity index (χ2v) is 3.48. The molecule has 0 spiro atoms. The zero-order valence-corrected chi connectivity index (χ0v) is 8.58. The lowest BCUT2D eigenvalue weighted by molar-refractivity contribution is 0.0940. The van der Waals surface area contributed by atoms with Crippen LogP contribution in [0.1, 0.15) is 11.7 Å². The number of nitrogens with zero attached hydrogens (tertiary/aromatic N) is 4. The number of thioether (sulfide) groups is 1. The summed E-state index contributed by atoms with van der Waals surface area (Å²) in [5.74, 6) is -0.0988. The van der Waals surface area contributed by atoms with E-state index in [9.17, 15) is 4.79 Å². The molecule has 0 aliphatic heterocycles. The highest BCUT2D eigenvalue weighted by molar-refractivity contribution is 7.98. The fraction of sp³-hybridized carbons (Fsp3) is 0.250. The zero-order valence-electron chi connectivity index (χ0n) is 7.76. The lowest BCUT2D eigenvalue weighted by atomic mass is 10.5. The lowest BCUT2D eigenvalue weighted by Gasteiger charge is -1.97. The van der Waals surface area contributed by atoms with Crippen LogP contribution in [0.2, 0.25) is 0 Å². The summed E-state index contributed by atoms with van der Waals surface area (Å²) < 4.78 is 1.41. The molecule has 2 aromatic heterocycles. The van der Waals surface area contributed by atoms with E-state index in [1.54, 1.807) is 0 Å². The van der Waals surface area contributed by atoms with Gasteiger partial charge in [0, 0.05) is 6.92 Å². The first kappa shape index (κ1) is 9.14. The van der Waals surface area contributed by atoms with Gasteiger partial charge in [-0.15, -0.1) is 11.8 Å². The van der Waals surface area contributed by atoms with Gasteiger partial charge in [0.25, 0.3) is 0 Å². The minimum Gasteiger partial charge on any atom is -0.274 e. The molecule has 2 rings (SSSR count). The number of imidazole rings is 1. The first-order valence-electron chi connectivity index (χ1n) is 3.97. The SMILES string of the molecule is CSc1ncnc2c1ncn2C(C)=O. The monoisotopic (exact) mass is 208 g/mol. The Morgan fingerprint density at radius 3 is 2.86 bits per heavy atom. The van der Waals surface area contributed by atoms with Crippen LogP contribution in [0.3, 0.4) is 0 Å². The van der Waals surface area contributed by atoms with Crippen molar-refractivity contribution in [3.05, 3.63) is 12.7 Å². The smallest absolute Gasteiger partial charge is 0.230 e. The molecule has 6 heteroatoms. The minimum absolute atomic E-state index is 0.0988. The maximum absolute atomic E-state index is 11.2. The Balaban J connectivity index is 2.75. The Kier molecular flexibility index (Phi) is 2.20. The Hall–Kier alpha value is -1.43. The summed E-state index contributed by atoms with van der Waals surface area (Å²) >= 11 is 1.49. The van der Waals surface area contributed by atoms with Gasteiger partial charge in [-0.05, 0) is 6.26 Å². The van der Waals surface area contributed by atoms with E-state index in [4.69, 9.17) is 0 Å². The van der Waals surface area contributed by atoms with Crippen LogP contribution >= 0.6 is 11.8 Å². The lowest BCUT2D eigenvalue weighted by Crippen LogP contribution is -2.04. The van der Waals surface area contributed by atoms with Crippen molar-refractivity contribution in [2.75, 3.05) is 6.26 Å². The number of hydrogen-bond donors (Lipinski definition) is 0. The van der Waals surface area contributed by atoms with E-state index < -0.39 is 0 Å². The molecule has 0 fully saturated rings. The van der Waals surface area contributed by atoms with Crippen LogP contribution in [0.25, 0.3) is 11.2 Å². The van der Waals surface area contributed by atoms with Gasteiger partial charge in [0.1, 0.15) is 23.2 Å². The van der Waals surface area contributed by atoms with E-state index in [-0.39, 0.29) is 5.91 Å². The molecule has 0 aliphatic carbocycles. The number of aromatic nitrogens is 4. The molecule has 0 saturated heterocycles. The van der Waals surface area contributed by atoms with Crippen molar-refractivity contribution >= 4 is 28.8 Å². The van der Waals surface area contributed by atoms with Crippen molar-refractivity contribution in [2.24, 2.45) is 0 Å². The molecule has 0 N–H and O–H groups in total. The van der Waals surface area contributed by atoms with Crippen molar-refractivity contribution in [2.45, 2.75) is 11.9 Å². The van der Waals surface area contributed by atoms with Crippen molar-refractivity contribution < 1.29 is 4.79 Å². The van der Waals surface area contributed by atoms with E-state index in [0.717, 1.165) is 5.03 Å². The maximum atomic E-state index is 11.2. The van der Waals surface area contributed by atoms with E-state index >= 15 is 0 Å². The molecule has 5 nitrogen and oxygen atoms in total. The standard InChI is InChI=1S/C8H8N4OS/c1-5(13)12-4-11-6-7(12)9-3-10-8(6)14-2/h3-4H,1-2H3. The summed E-state index contributed by atoms with van der Waals surface area (Å²) in [5.41, 5.74) is 1.24. The minimum atomic E-state index is -0.0988. The highest BCUT2D eigenvalue weighted by atomic mass is 32.2. The molecule has 0 amide bonds. The zero-order chi connectivity index (χ0) is 10.1. The fourth-order valence-electron chi connectivity index (χ4n) is 1.19. The first-order valence-corrected chi connectivity index (χ1v) is 5.19. The van der Waals surface area contributed by atoms with Gasteiger partial charge in [-0.3, -0.25) is 9.36 Å². The second kappa shape index (κ2) is 3.38. The highest BCUT2D eigenvalue weighted by Gasteiger charge is 2.10. The van der Waals surface area contributed by atoms with Crippen LogP contribution in [0, 0.1) is 0 Å². The number of carbonyl (C=O) groups is 1. The van der Waals surface area contributed by atoms with Crippen molar-refractivity contribution in [3.8, 4) is 0 Å². The second-order valence-electron chi connectivity index (χ2n) is 2.69. The fourth-order valence-corrected chi connectivity index (χ4v) is 1.68. The van der Waals surface area contributed by atoms with Gasteiger partial charge in [-0.25, -0.2) is 15.0 Å². The number of hydrogen-bond acceptors (Lipinski definition) is 5. The molecule has 0 saturated carbocycles. The predicted octanol–water partition coefficient (Wildman–Crippen LogP) is 1.21. The molecule has 2 heterocycles. The van der Waals surface area contributed by atoms with Gasteiger partial charge in [0.15, 0.2) is 5.65 Å². The third-order valence-electron chi connectivity index (χ3n) is 1.83.